The van der Waals surface area contributed by atoms with Crippen LogP contribution in [-0.4, -0.2) is 82.3 Å². The zero-order valence-electron chi connectivity index (χ0n) is 25.2. The van der Waals surface area contributed by atoms with E-state index in [0.29, 0.717) is 67.1 Å². The largest absolute Gasteiger partial charge is 0.487 e. The number of ether oxygens (including phenoxy) is 1. The van der Waals surface area contributed by atoms with Crippen LogP contribution in [0.4, 0.5) is 15.9 Å². The molecule has 0 spiro atoms. The Morgan fingerprint density at radius 2 is 1.83 bits per heavy atom. The smallest absolute Gasteiger partial charge is 0.211 e. The van der Waals surface area contributed by atoms with E-state index in [2.05, 4.69) is 20.2 Å². The Hall–Kier alpha value is -4.07. The van der Waals surface area contributed by atoms with Crippen LogP contribution in [0.1, 0.15) is 5.56 Å². The molecule has 3 heterocycles. The van der Waals surface area contributed by atoms with Gasteiger partial charge in [-0.25, -0.2) is 22.8 Å². The molecule has 46 heavy (non-hydrogen) atoms. The monoisotopic (exact) mass is 664 g/mol. The minimum absolute atomic E-state index is 0.189. The van der Waals surface area contributed by atoms with Crippen molar-refractivity contribution < 1.29 is 22.7 Å². The lowest BCUT2D eigenvalue weighted by Gasteiger charge is -2.34. The van der Waals surface area contributed by atoms with Gasteiger partial charge in [-0.1, -0.05) is 29.8 Å². The van der Waals surface area contributed by atoms with Gasteiger partial charge in [-0.15, -0.1) is 0 Å². The lowest BCUT2D eigenvalue weighted by molar-refractivity contribution is 0.0810. The highest BCUT2D eigenvalue weighted by molar-refractivity contribution is 7.88. The molecule has 0 radical (unpaired) electrons. The molecule has 2 aromatic heterocycles. The fraction of sp³-hybridized carbons (Fsp3) is 0.273. The van der Waals surface area contributed by atoms with Gasteiger partial charge in [0.15, 0.2) is 0 Å². The summed E-state index contributed by atoms with van der Waals surface area (Å²) in [5.41, 5.74) is 4.14. The zero-order chi connectivity index (χ0) is 32.3. The molecule has 3 aromatic carbocycles. The van der Waals surface area contributed by atoms with Crippen molar-refractivity contribution in [1.29, 1.82) is 0 Å². The molecule has 0 amide bonds. The van der Waals surface area contributed by atoms with Gasteiger partial charge in [-0.3, -0.25) is 4.90 Å². The summed E-state index contributed by atoms with van der Waals surface area (Å²) in [7, 11) is -3.19. The van der Waals surface area contributed by atoms with E-state index in [1.807, 2.05) is 47.3 Å². The van der Waals surface area contributed by atoms with E-state index in [-0.39, 0.29) is 12.4 Å². The quantitative estimate of drug-likeness (QED) is 0.199. The van der Waals surface area contributed by atoms with Crippen molar-refractivity contribution in [3.8, 4) is 16.9 Å². The summed E-state index contributed by atoms with van der Waals surface area (Å²) in [5.74, 6) is 0.775. The lowest BCUT2D eigenvalue weighted by atomic mass is 10.1. The van der Waals surface area contributed by atoms with Gasteiger partial charge in [0.1, 0.15) is 30.3 Å². The number of aliphatic hydroxyl groups is 1. The molecule has 6 rings (SSSR count). The van der Waals surface area contributed by atoms with Gasteiger partial charge < -0.3 is 19.7 Å². The molecule has 0 aliphatic carbocycles. The van der Waals surface area contributed by atoms with Crippen molar-refractivity contribution in [1.82, 2.24) is 23.7 Å². The Labute approximate surface area is 272 Å². The third-order valence-electron chi connectivity index (χ3n) is 7.89. The highest BCUT2D eigenvalue weighted by atomic mass is 35.5. The summed E-state index contributed by atoms with van der Waals surface area (Å²) in [5, 5.41) is 15.3. The van der Waals surface area contributed by atoms with Crippen LogP contribution in [0.25, 0.3) is 22.0 Å². The Bertz CT molecular complexity index is 1950. The summed E-state index contributed by atoms with van der Waals surface area (Å²) in [6.07, 6.45) is 6.05. The van der Waals surface area contributed by atoms with Gasteiger partial charge in [0, 0.05) is 62.7 Å². The molecule has 1 aliphatic heterocycles. The van der Waals surface area contributed by atoms with Gasteiger partial charge in [0.05, 0.1) is 22.9 Å². The van der Waals surface area contributed by atoms with Crippen molar-refractivity contribution in [3.05, 3.63) is 102 Å². The fourth-order valence-electron chi connectivity index (χ4n) is 5.52. The van der Waals surface area contributed by atoms with E-state index in [9.17, 15) is 17.9 Å². The van der Waals surface area contributed by atoms with Crippen LogP contribution in [-0.2, 0) is 23.2 Å². The second-order valence-corrected chi connectivity index (χ2v) is 13.7. The number of benzene rings is 3. The molecule has 10 nitrogen and oxygen atoms in total. The predicted molar refractivity (Wildman–Crippen MR) is 177 cm³/mol. The standard InChI is InChI=1S/C33H34ClFN6O4S/c1-46(43,44)41-13-11-39(12-14-41)19-28(42)20-40-10-9-25(18-40)24-5-7-31-29(16-24)33(37-22-36-31)38-27-6-8-32(30(34)17-27)45-21-23-3-2-4-26(35)15-23/h2-10,15-18,22,28,42H,11-14,19-21H2,1H3,(H,36,37,38). The number of β-amino-alcohol motifs (C(OH)–C–C–N with tert-alkyl or cyclic N) is 1. The SMILES string of the molecule is CS(=O)(=O)N1CCN(CC(O)Cn2ccc(-c3ccc4ncnc(Nc5ccc(OCc6cccc(F)c6)c(Cl)c5)c4c3)c2)CC1. The first-order valence-electron chi connectivity index (χ1n) is 14.8. The summed E-state index contributed by atoms with van der Waals surface area (Å²) in [4.78, 5) is 11.0. The van der Waals surface area contributed by atoms with Crippen LogP contribution in [0.15, 0.2) is 85.5 Å². The number of aliphatic hydroxyl groups excluding tert-OH is 1. The molecular weight excluding hydrogens is 631 g/mol. The number of piperazine rings is 1. The number of nitrogens with zero attached hydrogens (tertiary/aromatic N) is 5. The molecule has 0 saturated carbocycles. The number of nitrogens with one attached hydrogen (secondary N) is 1. The number of halogens is 2. The van der Waals surface area contributed by atoms with Crippen LogP contribution in [0.3, 0.4) is 0 Å². The average Bonchev–Trinajstić information content (AvgIpc) is 3.49. The lowest BCUT2D eigenvalue weighted by Crippen LogP contribution is -2.50. The number of rotatable bonds is 11. The van der Waals surface area contributed by atoms with Crippen molar-refractivity contribution in [2.24, 2.45) is 0 Å². The molecule has 2 N–H and O–H groups in total. The zero-order valence-corrected chi connectivity index (χ0v) is 26.8. The molecule has 1 unspecified atom stereocenters. The minimum Gasteiger partial charge on any atom is -0.487 e. The van der Waals surface area contributed by atoms with E-state index >= 15 is 0 Å². The summed E-state index contributed by atoms with van der Waals surface area (Å²) >= 11 is 6.51. The van der Waals surface area contributed by atoms with Crippen LogP contribution in [0, 0.1) is 5.82 Å². The second-order valence-electron chi connectivity index (χ2n) is 11.4. The number of fused-ring (bicyclic) bond motifs is 1. The van der Waals surface area contributed by atoms with Crippen molar-refractivity contribution in [2.45, 2.75) is 19.3 Å². The maximum absolute atomic E-state index is 13.5. The van der Waals surface area contributed by atoms with E-state index in [4.69, 9.17) is 16.3 Å². The van der Waals surface area contributed by atoms with Crippen LogP contribution in [0.2, 0.25) is 5.02 Å². The molecule has 1 atom stereocenters. The maximum Gasteiger partial charge on any atom is 0.211 e. The summed E-state index contributed by atoms with van der Waals surface area (Å²) in [6, 6.07) is 19.5. The van der Waals surface area contributed by atoms with E-state index < -0.39 is 16.1 Å². The molecular formula is C33H34ClFN6O4S. The first-order valence-corrected chi connectivity index (χ1v) is 17.0. The third-order valence-corrected chi connectivity index (χ3v) is 9.49. The second kappa shape index (κ2) is 13.7. The molecule has 0 bridgehead atoms. The number of sulfonamides is 1. The van der Waals surface area contributed by atoms with Crippen molar-refractivity contribution in [3.63, 3.8) is 0 Å². The normalized spacial score (nSPS) is 15.2. The topological polar surface area (TPSA) is 113 Å². The van der Waals surface area contributed by atoms with Gasteiger partial charge in [0.25, 0.3) is 0 Å². The average molecular weight is 665 g/mol. The first-order chi connectivity index (χ1) is 22.1. The van der Waals surface area contributed by atoms with E-state index in [1.165, 1.54) is 29.0 Å². The van der Waals surface area contributed by atoms with Crippen molar-refractivity contribution >= 4 is 44.0 Å². The molecule has 13 heteroatoms. The number of hydrogen-bond acceptors (Lipinski definition) is 8. The van der Waals surface area contributed by atoms with E-state index in [1.54, 1.807) is 24.3 Å². The fourth-order valence-corrected chi connectivity index (χ4v) is 6.59. The first kappa shape index (κ1) is 31.9. The number of aromatic nitrogens is 3. The van der Waals surface area contributed by atoms with E-state index in [0.717, 1.165) is 22.0 Å². The maximum atomic E-state index is 13.5. The van der Waals surface area contributed by atoms with Gasteiger partial charge in [0.2, 0.25) is 10.0 Å². The molecule has 5 aromatic rings. The minimum atomic E-state index is -3.19. The molecule has 1 saturated heterocycles. The van der Waals surface area contributed by atoms with Crippen LogP contribution >= 0.6 is 11.6 Å². The van der Waals surface area contributed by atoms with Crippen LogP contribution < -0.4 is 10.1 Å². The third kappa shape index (κ3) is 7.83. The number of hydrogen-bond donors (Lipinski definition) is 2. The Balaban J connectivity index is 1.10. The molecule has 1 aliphatic rings. The van der Waals surface area contributed by atoms with Gasteiger partial charge in [-0.05, 0) is 65.2 Å². The highest BCUT2D eigenvalue weighted by Crippen LogP contribution is 2.32. The highest BCUT2D eigenvalue weighted by Gasteiger charge is 2.24. The Morgan fingerprint density at radius 3 is 2.59 bits per heavy atom. The Morgan fingerprint density at radius 1 is 1.00 bits per heavy atom. The van der Waals surface area contributed by atoms with Crippen LogP contribution in [0.5, 0.6) is 5.75 Å². The number of anilines is 2. The summed E-state index contributed by atoms with van der Waals surface area (Å²) in [6.45, 7) is 3.14. The Kier molecular flexibility index (Phi) is 9.52. The predicted octanol–water partition coefficient (Wildman–Crippen LogP) is 5.15. The van der Waals surface area contributed by atoms with Gasteiger partial charge in [-0.2, -0.15) is 4.31 Å². The molecule has 240 valence electrons. The summed E-state index contributed by atoms with van der Waals surface area (Å²) < 4.78 is 46.3. The van der Waals surface area contributed by atoms with Gasteiger partial charge >= 0.3 is 0 Å². The van der Waals surface area contributed by atoms with Crippen molar-refractivity contribution in [2.75, 3.05) is 44.3 Å². The molecule has 1 fully saturated rings.